The molecule has 0 amide bonds. The number of carbonyl (C=O) groups is 1. The summed E-state index contributed by atoms with van der Waals surface area (Å²) >= 11 is 0. The van der Waals surface area contributed by atoms with Crippen molar-refractivity contribution >= 4 is 16.0 Å². The molecule has 20 heavy (non-hydrogen) atoms. The fourth-order valence-corrected chi connectivity index (χ4v) is 2.55. The van der Waals surface area contributed by atoms with E-state index in [1.165, 1.54) is 13.8 Å². The van der Waals surface area contributed by atoms with Crippen LogP contribution in [0.4, 0.5) is 4.39 Å². The van der Waals surface area contributed by atoms with E-state index >= 15 is 0 Å². The van der Waals surface area contributed by atoms with Crippen LogP contribution >= 0.6 is 0 Å². The van der Waals surface area contributed by atoms with Crippen LogP contribution in [-0.4, -0.2) is 26.0 Å². The number of rotatable bonds is 5. The van der Waals surface area contributed by atoms with Crippen molar-refractivity contribution in [3.05, 3.63) is 29.6 Å². The summed E-state index contributed by atoms with van der Waals surface area (Å²) in [7, 11) is -4.23. The molecule has 0 heterocycles. The maximum Gasteiger partial charge on any atom is 0.335 e. The fourth-order valence-electron chi connectivity index (χ4n) is 1.24. The summed E-state index contributed by atoms with van der Waals surface area (Å²) < 4.78 is 39.5. The van der Waals surface area contributed by atoms with Gasteiger partial charge in [0.1, 0.15) is 10.7 Å². The monoisotopic (exact) mass is 300 g/mol. The lowest BCUT2D eigenvalue weighted by Crippen LogP contribution is -2.33. The van der Waals surface area contributed by atoms with E-state index in [0.29, 0.717) is 0 Å². The zero-order valence-corrected chi connectivity index (χ0v) is 11.7. The minimum Gasteiger partial charge on any atom is -0.478 e. The highest BCUT2D eigenvalue weighted by Crippen LogP contribution is 2.18. The normalized spacial score (nSPS) is 11.9. The molecule has 0 aromatic heterocycles. The van der Waals surface area contributed by atoms with Crippen molar-refractivity contribution in [1.29, 1.82) is 5.26 Å². The molecule has 0 aliphatic carbocycles. The van der Waals surface area contributed by atoms with E-state index in [4.69, 9.17) is 10.4 Å². The number of nitrogens with zero attached hydrogens (tertiary/aromatic N) is 1. The molecule has 2 N–H and O–H groups in total. The van der Waals surface area contributed by atoms with Gasteiger partial charge >= 0.3 is 5.97 Å². The Morgan fingerprint density at radius 2 is 2.10 bits per heavy atom. The van der Waals surface area contributed by atoms with Crippen LogP contribution in [0.3, 0.4) is 0 Å². The highest BCUT2D eigenvalue weighted by molar-refractivity contribution is 7.89. The third-order valence-electron chi connectivity index (χ3n) is 2.47. The molecular formula is C12H13FN2O4S. The maximum absolute atomic E-state index is 13.6. The molecule has 1 aromatic rings. The van der Waals surface area contributed by atoms with E-state index in [2.05, 4.69) is 4.72 Å². The van der Waals surface area contributed by atoms with Gasteiger partial charge in [-0.05, 0) is 32.0 Å². The number of hydrogen-bond acceptors (Lipinski definition) is 4. The average molecular weight is 300 g/mol. The van der Waals surface area contributed by atoms with Gasteiger partial charge in [-0.15, -0.1) is 0 Å². The zero-order valence-electron chi connectivity index (χ0n) is 10.8. The van der Waals surface area contributed by atoms with Crippen molar-refractivity contribution < 1.29 is 22.7 Å². The van der Waals surface area contributed by atoms with E-state index in [9.17, 15) is 17.6 Å². The van der Waals surface area contributed by atoms with Gasteiger partial charge in [-0.2, -0.15) is 5.26 Å². The lowest BCUT2D eigenvalue weighted by Gasteiger charge is -2.16. The average Bonchev–Trinajstić information content (AvgIpc) is 2.37. The Morgan fingerprint density at radius 1 is 1.50 bits per heavy atom. The Bertz CT molecular complexity index is 677. The number of carboxylic acids is 1. The quantitative estimate of drug-likeness (QED) is 0.853. The van der Waals surface area contributed by atoms with Crippen molar-refractivity contribution in [2.75, 3.05) is 6.54 Å². The predicted octanol–water partition coefficient (Wildman–Crippen LogP) is 1.35. The van der Waals surface area contributed by atoms with Gasteiger partial charge in [0.05, 0.1) is 17.0 Å². The molecule has 0 spiro atoms. The zero-order chi connectivity index (χ0) is 15.6. The van der Waals surface area contributed by atoms with Gasteiger partial charge in [-0.25, -0.2) is 22.3 Å². The molecule has 1 aromatic carbocycles. The molecule has 8 heteroatoms. The number of halogens is 1. The predicted molar refractivity (Wildman–Crippen MR) is 67.9 cm³/mol. The van der Waals surface area contributed by atoms with Crippen molar-refractivity contribution in [3.8, 4) is 6.07 Å². The molecule has 0 radical (unpaired) electrons. The molecule has 0 saturated carbocycles. The van der Waals surface area contributed by atoms with E-state index in [0.717, 1.165) is 18.2 Å². The molecule has 0 aliphatic rings. The van der Waals surface area contributed by atoms with Gasteiger partial charge in [0, 0.05) is 6.54 Å². The minimum absolute atomic E-state index is 0.220. The second-order valence-electron chi connectivity index (χ2n) is 4.77. The molecule has 6 nitrogen and oxygen atoms in total. The van der Waals surface area contributed by atoms with Crippen molar-refractivity contribution in [1.82, 2.24) is 4.72 Å². The second-order valence-corrected chi connectivity index (χ2v) is 6.51. The second kappa shape index (κ2) is 5.56. The molecule has 0 fully saturated rings. The summed E-state index contributed by atoms with van der Waals surface area (Å²) in [6.07, 6.45) is 0. The maximum atomic E-state index is 13.6. The Morgan fingerprint density at radius 3 is 2.60 bits per heavy atom. The van der Waals surface area contributed by atoms with Crippen LogP contribution in [0.15, 0.2) is 23.1 Å². The Hall–Kier alpha value is -1.98. The third kappa shape index (κ3) is 3.76. The highest BCUT2D eigenvalue weighted by Gasteiger charge is 2.25. The molecular weight excluding hydrogens is 287 g/mol. The van der Waals surface area contributed by atoms with Gasteiger partial charge in [0.15, 0.2) is 0 Å². The number of aromatic carboxylic acids is 1. The van der Waals surface area contributed by atoms with Crippen molar-refractivity contribution in [3.63, 3.8) is 0 Å². The van der Waals surface area contributed by atoms with Gasteiger partial charge < -0.3 is 5.11 Å². The van der Waals surface area contributed by atoms with E-state index in [1.807, 2.05) is 6.07 Å². The fraction of sp³-hybridized carbons (Fsp3) is 0.333. The summed E-state index contributed by atoms with van der Waals surface area (Å²) in [6.45, 7) is 2.81. The van der Waals surface area contributed by atoms with Crippen LogP contribution < -0.4 is 4.72 Å². The Kier molecular flexibility index (Phi) is 4.47. The first-order chi connectivity index (χ1) is 9.09. The minimum atomic E-state index is -4.23. The first kappa shape index (κ1) is 16.1. The molecule has 108 valence electrons. The smallest absolute Gasteiger partial charge is 0.335 e. The topological polar surface area (TPSA) is 107 Å². The Labute approximate surface area is 115 Å². The van der Waals surface area contributed by atoms with Crippen LogP contribution in [0.25, 0.3) is 0 Å². The van der Waals surface area contributed by atoms with Crippen LogP contribution in [0.5, 0.6) is 0 Å². The van der Waals surface area contributed by atoms with Crippen LogP contribution in [0, 0.1) is 22.6 Å². The number of nitrogens with one attached hydrogen (secondary N) is 1. The number of carboxylic acid groups (broad SMARTS) is 1. The van der Waals surface area contributed by atoms with Crippen LogP contribution in [-0.2, 0) is 10.0 Å². The molecule has 0 bridgehead atoms. The molecule has 0 saturated heterocycles. The van der Waals surface area contributed by atoms with Crippen LogP contribution in [0.1, 0.15) is 24.2 Å². The van der Waals surface area contributed by atoms with E-state index < -0.39 is 32.1 Å². The molecule has 1 rings (SSSR count). The summed E-state index contributed by atoms with van der Waals surface area (Å²) in [6, 6.07) is 4.37. The lowest BCUT2D eigenvalue weighted by molar-refractivity contribution is 0.0696. The van der Waals surface area contributed by atoms with Gasteiger partial charge in [-0.1, -0.05) is 0 Å². The largest absolute Gasteiger partial charge is 0.478 e. The van der Waals surface area contributed by atoms with Crippen molar-refractivity contribution in [2.24, 2.45) is 5.41 Å². The summed E-state index contributed by atoms with van der Waals surface area (Å²) in [5, 5.41) is 17.6. The van der Waals surface area contributed by atoms with Crippen molar-refractivity contribution in [2.45, 2.75) is 18.7 Å². The Balaban J connectivity index is 3.13. The molecule has 0 aliphatic heterocycles. The first-order valence-corrected chi connectivity index (χ1v) is 7.01. The lowest BCUT2D eigenvalue weighted by atomic mass is 9.97. The highest BCUT2D eigenvalue weighted by atomic mass is 32.2. The number of nitriles is 1. The van der Waals surface area contributed by atoms with Gasteiger partial charge in [0.2, 0.25) is 10.0 Å². The summed E-state index contributed by atoms with van der Waals surface area (Å²) in [4.78, 5) is 10.0. The summed E-state index contributed by atoms with van der Waals surface area (Å²) in [5.74, 6) is -2.42. The number of sulfonamides is 1. The number of benzene rings is 1. The summed E-state index contributed by atoms with van der Waals surface area (Å²) in [5.41, 5.74) is -1.31. The van der Waals surface area contributed by atoms with E-state index in [-0.39, 0.29) is 12.1 Å². The molecule has 0 unspecified atom stereocenters. The third-order valence-corrected chi connectivity index (χ3v) is 3.89. The van der Waals surface area contributed by atoms with Gasteiger partial charge in [-0.3, -0.25) is 0 Å². The van der Waals surface area contributed by atoms with Crippen LogP contribution in [0.2, 0.25) is 0 Å². The number of hydrogen-bond donors (Lipinski definition) is 2. The molecule has 0 atom stereocenters. The van der Waals surface area contributed by atoms with Gasteiger partial charge in [0.25, 0.3) is 0 Å². The SMILES string of the molecule is CC(C)(C#N)CNS(=O)(=O)c1cc(C(=O)O)ccc1F. The standard InChI is InChI=1S/C12H13FN2O4S/c1-12(2,6-14)7-15-20(18,19)10-5-8(11(16)17)3-4-9(10)13/h3-5,15H,7H2,1-2H3,(H,16,17). The first-order valence-electron chi connectivity index (χ1n) is 5.53. The van der Waals surface area contributed by atoms with E-state index in [1.54, 1.807) is 0 Å².